The van der Waals surface area contributed by atoms with Crippen molar-refractivity contribution in [2.75, 3.05) is 18.5 Å². The third-order valence-electron chi connectivity index (χ3n) is 2.76. The average molecular weight is 291 g/mol. The van der Waals surface area contributed by atoms with Crippen LogP contribution in [0.1, 0.15) is 31.0 Å². The Hall–Kier alpha value is -1.62. The van der Waals surface area contributed by atoms with Crippen LogP contribution in [0.2, 0.25) is 0 Å². The van der Waals surface area contributed by atoms with Crippen LogP contribution in [0.3, 0.4) is 0 Å². The number of hydrogen-bond acceptors (Lipinski definition) is 5. The smallest absolute Gasteiger partial charge is 0.218 e. The molecule has 0 atom stereocenters. The molecule has 0 aliphatic rings. The van der Waals surface area contributed by atoms with E-state index in [0.29, 0.717) is 12.5 Å². The zero-order valence-electron chi connectivity index (χ0n) is 12.1. The van der Waals surface area contributed by atoms with Crippen molar-refractivity contribution in [3.05, 3.63) is 34.3 Å². The van der Waals surface area contributed by atoms with E-state index in [-0.39, 0.29) is 0 Å². The first-order chi connectivity index (χ1) is 9.81. The minimum Gasteiger partial charge on any atom is -0.477 e. The van der Waals surface area contributed by atoms with E-state index in [4.69, 9.17) is 4.74 Å². The summed E-state index contributed by atoms with van der Waals surface area (Å²) >= 11 is 1.76. The first-order valence-corrected chi connectivity index (χ1v) is 7.96. The van der Waals surface area contributed by atoms with E-state index in [9.17, 15) is 0 Å². The summed E-state index contributed by atoms with van der Waals surface area (Å²) in [4.78, 5) is 10.3. The second kappa shape index (κ2) is 7.85. The van der Waals surface area contributed by atoms with Gasteiger partial charge < -0.3 is 10.1 Å². The Morgan fingerprint density at radius 2 is 2.15 bits per heavy atom. The number of aryl methyl sites for hydroxylation is 1. The summed E-state index contributed by atoms with van der Waals surface area (Å²) in [6.45, 7) is 5.67. The van der Waals surface area contributed by atoms with Gasteiger partial charge in [0.15, 0.2) is 0 Å². The zero-order chi connectivity index (χ0) is 14.2. The SMILES string of the molecule is CCCc1nc(NCC)cc(OCCc2cccs2)n1. The van der Waals surface area contributed by atoms with E-state index in [1.54, 1.807) is 11.3 Å². The maximum Gasteiger partial charge on any atom is 0.218 e. The molecule has 2 heterocycles. The van der Waals surface area contributed by atoms with Crippen LogP contribution >= 0.6 is 11.3 Å². The van der Waals surface area contributed by atoms with Crippen LogP contribution < -0.4 is 10.1 Å². The molecule has 0 unspecified atom stereocenters. The van der Waals surface area contributed by atoms with E-state index in [2.05, 4.69) is 46.6 Å². The summed E-state index contributed by atoms with van der Waals surface area (Å²) in [5, 5.41) is 5.31. The van der Waals surface area contributed by atoms with Gasteiger partial charge in [0.2, 0.25) is 5.88 Å². The second-order valence-corrected chi connectivity index (χ2v) is 5.50. The number of rotatable bonds is 8. The van der Waals surface area contributed by atoms with Crippen molar-refractivity contribution in [3.8, 4) is 5.88 Å². The lowest BCUT2D eigenvalue weighted by molar-refractivity contribution is 0.309. The van der Waals surface area contributed by atoms with Crippen LogP contribution in [0.4, 0.5) is 5.82 Å². The van der Waals surface area contributed by atoms with Gasteiger partial charge >= 0.3 is 0 Å². The number of thiophene rings is 1. The standard InChI is InChI=1S/C15H21N3OS/c1-3-6-13-17-14(16-4-2)11-15(18-13)19-9-8-12-7-5-10-20-12/h5,7,10-11H,3-4,6,8-9H2,1-2H3,(H,16,17,18). The molecule has 0 saturated carbocycles. The summed E-state index contributed by atoms with van der Waals surface area (Å²) in [5.41, 5.74) is 0. The minimum atomic E-state index is 0.647. The molecule has 0 aromatic carbocycles. The molecule has 2 rings (SSSR count). The van der Waals surface area contributed by atoms with Gasteiger partial charge in [0, 0.05) is 30.3 Å². The average Bonchev–Trinajstić information content (AvgIpc) is 2.92. The molecule has 0 radical (unpaired) electrons. The lowest BCUT2D eigenvalue weighted by Crippen LogP contribution is -2.07. The van der Waals surface area contributed by atoms with E-state index in [1.807, 2.05) is 6.07 Å². The molecule has 2 aromatic heterocycles. The number of aromatic nitrogens is 2. The van der Waals surface area contributed by atoms with Crippen molar-refractivity contribution in [2.45, 2.75) is 33.1 Å². The Bertz CT molecular complexity index is 490. The number of anilines is 1. The van der Waals surface area contributed by atoms with E-state index in [1.165, 1.54) is 4.88 Å². The van der Waals surface area contributed by atoms with Crippen LogP contribution in [-0.2, 0) is 12.8 Å². The molecule has 20 heavy (non-hydrogen) atoms. The number of nitrogens with one attached hydrogen (secondary N) is 1. The third-order valence-corrected chi connectivity index (χ3v) is 3.70. The number of hydrogen-bond donors (Lipinski definition) is 1. The van der Waals surface area contributed by atoms with E-state index < -0.39 is 0 Å². The summed E-state index contributed by atoms with van der Waals surface area (Å²) in [6.07, 6.45) is 2.83. The predicted octanol–water partition coefficient (Wildman–Crippen LogP) is 3.54. The molecule has 0 fully saturated rings. The highest BCUT2D eigenvalue weighted by molar-refractivity contribution is 7.09. The Labute approximate surface area is 124 Å². The number of ether oxygens (including phenoxy) is 1. The fourth-order valence-corrected chi connectivity index (χ4v) is 2.56. The molecular weight excluding hydrogens is 270 g/mol. The lowest BCUT2D eigenvalue weighted by Gasteiger charge is -2.09. The van der Waals surface area contributed by atoms with E-state index >= 15 is 0 Å². The maximum atomic E-state index is 5.77. The normalized spacial score (nSPS) is 10.5. The van der Waals surface area contributed by atoms with Gasteiger partial charge in [-0.15, -0.1) is 11.3 Å². The molecule has 0 saturated heterocycles. The second-order valence-electron chi connectivity index (χ2n) is 4.47. The predicted molar refractivity (Wildman–Crippen MR) is 83.7 cm³/mol. The summed E-state index contributed by atoms with van der Waals surface area (Å²) < 4.78 is 5.77. The Morgan fingerprint density at radius 3 is 2.85 bits per heavy atom. The lowest BCUT2D eigenvalue weighted by atomic mass is 10.3. The monoisotopic (exact) mass is 291 g/mol. The molecule has 0 spiro atoms. The summed E-state index contributed by atoms with van der Waals surface area (Å²) in [5.74, 6) is 2.35. The molecule has 0 aliphatic carbocycles. The fourth-order valence-electron chi connectivity index (χ4n) is 1.86. The van der Waals surface area contributed by atoms with Crippen molar-refractivity contribution in [1.82, 2.24) is 9.97 Å². The molecule has 0 amide bonds. The van der Waals surface area contributed by atoms with Gasteiger partial charge in [-0.25, -0.2) is 4.98 Å². The van der Waals surface area contributed by atoms with Gasteiger partial charge in [0.1, 0.15) is 11.6 Å². The van der Waals surface area contributed by atoms with Crippen molar-refractivity contribution < 1.29 is 4.74 Å². The minimum absolute atomic E-state index is 0.647. The molecule has 0 bridgehead atoms. The molecule has 5 heteroatoms. The zero-order valence-corrected chi connectivity index (χ0v) is 12.9. The van der Waals surface area contributed by atoms with Crippen LogP contribution in [0, 0.1) is 0 Å². The molecule has 0 aliphatic heterocycles. The highest BCUT2D eigenvalue weighted by Gasteiger charge is 2.05. The van der Waals surface area contributed by atoms with Gasteiger partial charge in [-0.2, -0.15) is 4.98 Å². The first-order valence-electron chi connectivity index (χ1n) is 7.08. The molecule has 4 nitrogen and oxygen atoms in total. The van der Waals surface area contributed by atoms with Crippen molar-refractivity contribution in [1.29, 1.82) is 0 Å². The van der Waals surface area contributed by atoms with Crippen LogP contribution in [0.25, 0.3) is 0 Å². The van der Waals surface area contributed by atoms with Crippen LogP contribution in [-0.4, -0.2) is 23.1 Å². The van der Waals surface area contributed by atoms with Gasteiger partial charge in [-0.05, 0) is 24.8 Å². The first kappa shape index (κ1) is 14.8. The van der Waals surface area contributed by atoms with Gasteiger partial charge in [0.25, 0.3) is 0 Å². The van der Waals surface area contributed by atoms with Gasteiger partial charge in [0.05, 0.1) is 6.61 Å². The molecule has 2 aromatic rings. The summed E-state index contributed by atoms with van der Waals surface area (Å²) in [7, 11) is 0. The molecule has 108 valence electrons. The van der Waals surface area contributed by atoms with E-state index in [0.717, 1.165) is 37.4 Å². The summed E-state index contributed by atoms with van der Waals surface area (Å²) in [6, 6.07) is 6.06. The third kappa shape index (κ3) is 4.49. The quantitative estimate of drug-likeness (QED) is 0.808. The Morgan fingerprint density at radius 1 is 1.25 bits per heavy atom. The van der Waals surface area contributed by atoms with Gasteiger partial charge in [-0.3, -0.25) is 0 Å². The largest absolute Gasteiger partial charge is 0.477 e. The van der Waals surface area contributed by atoms with Crippen LogP contribution in [0.15, 0.2) is 23.6 Å². The highest BCUT2D eigenvalue weighted by Crippen LogP contribution is 2.16. The number of nitrogens with zero attached hydrogens (tertiary/aromatic N) is 2. The fraction of sp³-hybridized carbons (Fsp3) is 0.467. The van der Waals surface area contributed by atoms with Crippen molar-refractivity contribution in [3.63, 3.8) is 0 Å². The topological polar surface area (TPSA) is 47.0 Å². The van der Waals surface area contributed by atoms with Gasteiger partial charge in [-0.1, -0.05) is 13.0 Å². The Kier molecular flexibility index (Phi) is 5.80. The molecular formula is C15H21N3OS. The molecule has 1 N–H and O–H groups in total. The van der Waals surface area contributed by atoms with Crippen LogP contribution in [0.5, 0.6) is 5.88 Å². The van der Waals surface area contributed by atoms with Crippen molar-refractivity contribution >= 4 is 17.2 Å². The Balaban J connectivity index is 1.97. The van der Waals surface area contributed by atoms with Crippen molar-refractivity contribution in [2.24, 2.45) is 0 Å². The maximum absolute atomic E-state index is 5.77. The highest BCUT2D eigenvalue weighted by atomic mass is 32.1.